The molecule has 0 bridgehead atoms. The van der Waals surface area contributed by atoms with Gasteiger partial charge in [-0.3, -0.25) is 4.79 Å². The van der Waals surface area contributed by atoms with E-state index in [1.807, 2.05) is 6.92 Å². The second-order valence-electron chi connectivity index (χ2n) is 4.29. The third-order valence-corrected chi connectivity index (χ3v) is 2.84. The van der Waals surface area contributed by atoms with Gasteiger partial charge in [-0.2, -0.15) is 0 Å². The first kappa shape index (κ1) is 20.0. The minimum absolute atomic E-state index is 0. The highest BCUT2D eigenvalue weighted by Crippen LogP contribution is 2.21. The van der Waals surface area contributed by atoms with Crippen molar-refractivity contribution in [2.45, 2.75) is 6.92 Å². The lowest BCUT2D eigenvalue weighted by molar-refractivity contribution is -0.123. The van der Waals surface area contributed by atoms with Gasteiger partial charge in [0.1, 0.15) is 5.75 Å². The normalized spacial score (nSPS) is 9.86. The molecule has 0 radical (unpaired) electrons. The minimum atomic E-state index is -0.145. The molecule has 1 aromatic rings. The number of aryl methyl sites for hydroxylation is 1. The lowest BCUT2D eigenvalue weighted by atomic mass is 10.2. The number of halogens is 2. The maximum absolute atomic E-state index is 11.6. The molecule has 0 spiro atoms. The van der Waals surface area contributed by atoms with E-state index >= 15 is 0 Å². The van der Waals surface area contributed by atoms with Crippen molar-refractivity contribution in [2.75, 3.05) is 40.0 Å². The van der Waals surface area contributed by atoms with Crippen LogP contribution in [0.3, 0.4) is 0 Å². The molecule has 21 heavy (non-hydrogen) atoms. The number of carbonyl (C=O) groups excluding carboxylic acids is 1. The first-order chi connectivity index (χ1) is 9.63. The summed E-state index contributed by atoms with van der Waals surface area (Å²) in [6.45, 7) is 4.58. The number of benzene rings is 1. The first-order valence-corrected chi connectivity index (χ1v) is 6.86. The van der Waals surface area contributed by atoms with E-state index in [0.717, 1.165) is 12.1 Å². The Labute approximate surface area is 136 Å². The molecule has 0 saturated heterocycles. The fourth-order valence-corrected chi connectivity index (χ4v) is 1.79. The van der Waals surface area contributed by atoms with Crippen molar-refractivity contribution >= 4 is 29.9 Å². The summed E-state index contributed by atoms with van der Waals surface area (Å²) in [5.41, 5.74) is 0.909. The molecule has 120 valence electrons. The number of hydrogen-bond donors (Lipinski definition) is 2. The second-order valence-corrected chi connectivity index (χ2v) is 4.73. The second kappa shape index (κ2) is 11.6. The molecule has 1 rings (SSSR count). The molecule has 0 fully saturated rings. The van der Waals surface area contributed by atoms with Crippen molar-refractivity contribution in [1.82, 2.24) is 10.6 Å². The highest BCUT2D eigenvalue weighted by Gasteiger charge is 2.04. The quantitative estimate of drug-likeness (QED) is 0.675. The Hall–Kier alpha value is -1.01. The summed E-state index contributed by atoms with van der Waals surface area (Å²) in [4.78, 5) is 11.6. The molecule has 1 aromatic carbocycles. The minimum Gasteiger partial charge on any atom is -0.484 e. The molecule has 0 unspecified atom stereocenters. The van der Waals surface area contributed by atoms with E-state index in [0.29, 0.717) is 30.5 Å². The number of ether oxygens (including phenoxy) is 2. The van der Waals surface area contributed by atoms with Crippen LogP contribution < -0.4 is 15.4 Å². The Bertz CT molecular complexity index is 431. The van der Waals surface area contributed by atoms with Gasteiger partial charge < -0.3 is 20.1 Å². The van der Waals surface area contributed by atoms with Gasteiger partial charge in [0.05, 0.1) is 6.61 Å². The van der Waals surface area contributed by atoms with E-state index in [9.17, 15) is 4.79 Å². The third-order valence-electron chi connectivity index (χ3n) is 2.60. The summed E-state index contributed by atoms with van der Waals surface area (Å²) in [6.07, 6.45) is 0. The number of amides is 1. The molecule has 0 atom stereocenters. The van der Waals surface area contributed by atoms with Gasteiger partial charge in [0.25, 0.3) is 5.91 Å². The van der Waals surface area contributed by atoms with E-state index in [1.165, 1.54) is 0 Å². The van der Waals surface area contributed by atoms with Crippen molar-refractivity contribution in [3.05, 3.63) is 28.8 Å². The number of hydrogen-bond acceptors (Lipinski definition) is 4. The van der Waals surface area contributed by atoms with Gasteiger partial charge in [0, 0.05) is 31.8 Å². The zero-order chi connectivity index (χ0) is 14.8. The van der Waals surface area contributed by atoms with Gasteiger partial charge in [0.2, 0.25) is 0 Å². The van der Waals surface area contributed by atoms with E-state index in [4.69, 9.17) is 21.1 Å². The van der Waals surface area contributed by atoms with Gasteiger partial charge in [-0.05, 0) is 30.7 Å². The smallest absolute Gasteiger partial charge is 0.257 e. The molecule has 0 saturated carbocycles. The Morgan fingerprint density at radius 2 is 2.05 bits per heavy atom. The van der Waals surface area contributed by atoms with Crippen LogP contribution in [0.1, 0.15) is 5.56 Å². The molecule has 0 aliphatic heterocycles. The molecule has 0 aliphatic carbocycles. The van der Waals surface area contributed by atoms with Crippen LogP contribution in [0.5, 0.6) is 5.75 Å². The van der Waals surface area contributed by atoms with Gasteiger partial charge >= 0.3 is 0 Å². The maximum Gasteiger partial charge on any atom is 0.257 e. The van der Waals surface area contributed by atoms with Crippen LogP contribution in [-0.4, -0.2) is 45.9 Å². The van der Waals surface area contributed by atoms with Crippen molar-refractivity contribution < 1.29 is 14.3 Å². The monoisotopic (exact) mass is 336 g/mol. The largest absolute Gasteiger partial charge is 0.484 e. The Morgan fingerprint density at radius 3 is 2.71 bits per heavy atom. The Morgan fingerprint density at radius 1 is 1.29 bits per heavy atom. The number of rotatable bonds is 9. The van der Waals surface area contributed by atoms with E-state index in [1.54, 1.807) is 25.3 Å². The first-order valence-electron chi connectivity index (χ1n) is 6.49. The van der Waals surface area contributed by atoms with Crippen molar-refractivity contribution in [1.29, 1.82) is 0 Å². The van der Waals surface area contributed by atoms with Crippen LogP contribution in [-0.2, 0) is 9.53 Å². The van der Waals surface area contributed by atoms with Crippen LogP contribution >= 0.6 is 24.0 Å². The summed E-state index contributed by atoms with van der Waals surface area (Å²) < 4.78 is 10.3. The van der Waals surface area contributed by atoms with E-state index < -0.39 is 0 Å². The Balaban J connectivity index is 0.00000400. The topological polar surface area (TPSA) is 59.6 Å². The van der Waals surface area contributed by atoms with Gasteiger partial charge in [-0.15, -0.1) is 12.4 Å². The molecule has 1 amide bonds. The average molecular weight is 337 g/mol. The highest BCUT2D eigenvalue weighted by molar-refractivity contribution is 6.30. The van der Waals surface area contributed by atoms with Crippen LogP contribution in [0.2, 0.25) is 5.02 Å². The average Bonchev–Trinajstić information content (AvgIpc) is 2.41. The predicted molar refractivity (Wildman–Crippen MR) is 86.7 cm³/mol. The van der Waals surface area contributed by atoms with Gasteiger partial charge in [-0.25, -0.2) is 0 Å². The molecule has 0 aromatic heterocycles. The zero-order valence-electron chi connectivity index (χ0n) is 12.3. The summed E-state index contributed by atoms with van der Waals surface area (Å²) in [7, 11) is 1.65. The van der Waals surface area contributed by atoms with Crippen LogP contribution in [0, 0.1) is 6.92 Å². The third kappa shape index (κ3) is 8.78. The Kier molecular flexibility index (Phi) is 11.1. The molecule has 2 N–H and O–H groups in total. The summed E-state index contributed by atoms with van der Waals surface area (Å²) in [5.74, 6) is 0.524. The molecule has 0 heterocycles. The molecular formula is C14H22Cl2N2O3. The van der Waals surface area contributed by atoms with Gasteiger partial charge in [-0.1, -0.05) is 11.6 Å². The fraction of sp³-hybridized carbons (Fsp3) is 0.500. The van der Waals surface area contributed by atoms with Crippen molar-refractivity contribution in [2.24, 2.45) is 0 Å². The lowest BCUT2D eigenvalue weighted by Crippen LogP contribution is -2.35. The summed E-state index contributed by atoms with van der Waals surface area (Å²) in [6, 6.07) is 5.30. The predicted octanol–water partition coefficient (Wildman–Crippen LogP) is 1.80. The molecular weight excluding hydrogens is 315 g/mol. The van der Waals surface area contributed by atoms with E-state index in [-0.39, 0.29) is 24.9 Å². The van der Waals surface area contributed by atoms with Crippen LogP contribution in [0.15, 0.2) is 18.2 Å². The summed E-state index contributed by atoms with van der Waals surface area (Å²) in [5, 5.41) is 6.56. The van der Waals surface area contributed by atoms with E-state index in [2.05, 4.69) is 10.6 Å². The van der Waals surface area contributed by atoms with Crippen LogP contribution in [0.25, 0.3) is 0 Å². The fourth-order valence-electron chi connectivity index (χ4n) is 1.56. The zero-order valence-corrected chi connectivity index (χ0v) is 13.9. The number of carbonyl (C=O) groups is 1. The number of nitrogens with one attached hydrogen (secondary N) is 2. The SMILES string of the molecule is COCCNCCNC(=O)COc1ccc(Cl)cc1C.Cl. The standard InChI is InChI=1S/C14H21ClN2O3.ClH/c1-11-9-12(15)3-4-13(11)20-10-14(18)17-6-5-16-7-8-19-2;/h3-4,9,16H,5-8,10H2,1-2H3,(H,17,18);1H. The summed E-state index contributed by atoms with van der Waals surface area (Å²) >= 11 is 5.85. The van der Waals surface area contributed by atoms with Crippen molar-refractivity contribution in [3.8, 4) is 5.75 Å². The molecule has 5 nitrogen and oxygen atoms in total. The van der Waals surface area contributed by atoms with Gasteiger partial charge in [0.15, 0.2) is 6.61 Å². The van der Waals surface area contributed by atoms with Crippen molar-refractivity contribution in [3.63, 3.8) is 0 Å². The molecule has 7 heteroatoms. The molecule has 0 aliphatic rings. The maximum atomic E-state index is 11.6. The number of methoxy groups -OCH3 is 1. The van der Waals surface area contributed by atoms with Crippen LogP contribution in [0.4, 0.5) is 0 Å². The lowest BCUT2D eigenvalue weighted by Gasteiger charge is -2.10. The highest BCUT2D eigenvalue weighted by atomic mass is 35.5.